The molecule has 0 atom stereocenters. The Morgan fingerprint density at radius 1 is 1.33 bits per heavy atom. The first-order valence-corrected chi connectivity index (χ1v) is 6.46. The average molecular weight is 270 g/mol. The van der Waals surface area contributed by atoms with Gasteiger partial charge in [0.1, 0.15) is 5.02 Å². The Labute approximate surface area is 111 Å². The average Bonchev–Trinajstić information content (AvgIpc) is 2.38. The van der Waals surface area contributed by atoms with E-state index in [1.807, 2.05) is 6.07 Å². The van der Waals surface area contributed by atoms with Gasteiger partial charge in [-0.25, -0.2) is 5.01 Å². The second-order valence-electron chi connectivity index (χ2n) is 4.43. The second kappa shape index (κ2) is 6.13. The van der Waals surface area contributed by atoms with Crippen LogP contribution < -0.4 is 5.43 Å². The summed E-state index contributed by atoms with van der Waals surface area (Å²) in [6.07, 6.45) is 3.69. The number of nitrogens with zero attached hydrogens (tertiary/aromatic N) is 2. The third-order valence-corrected chi connectivity index (χ3v) is 3.39. The van der Waals surface area contributed by atoms with E-state index in [1.54, 1.807) is 6.07 Å². The molecule has 0 saturated carbocycles. The number of nitrogens with one attached hydrogen (secondary N) is 1. The van der Waals surface area contributed by atoms with Gasteiger partial charge in [0.2, 0.25) is 0 Å². The molecule has 1 aromatic carbocycles. The van der Waals surface area contributed by atoms with Crippen molar-refractivity contribution in [1.82, 2.24) is 10.4 Å². The minimum atomic E-state index is -0.452. The van der Waals surface area contributed by atoms with E-state index in [0.29, 0.717) is 6.54 Å². The Morgan fingerprint density at radius 3 is 2.72 bits per heavy atom. The number of rotatable bonds is 4. The van der Waals surface area contributed by atoms with Gasteiger partial charge in [0.05, 0.1) is 4.92 Å². The largest absolute Gasteiger partial charge is 0.288 e. The SMILES string of the molecule is O=[N+]([O-])c1cc(CNN2CCCCC2)ccc1Cl. The van der Waals surface area contributed by atoms with Gasteiger partial charge in [-0.1, -0.05) is 24.1 Å². The van der Waals surface area contributed by atoms with E-state index in [4.69, 9.17) is 11.6 Å². The monoisotopic (exact) mass is 269 g/mol. The highest BCUT2D eigenvalue weighted by molar-refractivity contribution is 6.32. The highest BCUT2D eigenvalue weighted by Gasteiger charge is 2.14. The number of hydrogen-bond donors (Lipinski definition) is 1. The molecule has 1 fully saturated rings. The number of piperidine rings is 1. The zero-order valence-corrected chi connectivity index (χ0v) is 10.8. The summed E-state index contributed by atoms with van der Waals surface area (Å²) < 4.78 is 0. The summed E-state index contributed by atoms with van der Waals surface area (Å²) in [5.41, 5.74) is 4.13. The summed E-state index contributed by atoms with van der Waals surface area (Å²) in [4.78, 5) is 10.3. The van der Waals surface area contributed by atoms with E-state index in [9.17, 15) is 10.1 Å². The highest BCUT2D eigenvalue weighted by Crippen LogP contribution is 2.25. The van der Waals surface area contributed by atoms with E-state index < -0.39 is 4.92 Å². The van der Waals surface area contributed by atoms with E-state index >= 15 is 0 Å². The highest BCUT2D eigenvalue weighted by atomic mass is 35.5. The standard InChI is InChI=1S/C12H16ClN3O2/c13-11-5-4-10(8-12(11)16(17)18)9-14-15-6-2-1-3-7-15/h4-5,8,14H,1-3,6-7,9H2. The first-order valence-electron chi connectivity index (χ1n) is 6.08. The maximum Gasteiger partial charge on any atom is 0.288 e. The van der Waals surface area contributed by atoms with Gasteiger partial charge in [0.15, 0.2) is 0 Å². The summed E-state index contributed by atoms with van der Waals surface area (Å²) >= 11 is 5.77. The van der Waals surface area contributed by atoms with Crippen molar-refractivity contribution >= 4 is 17.3 Å². The van der Waals surface area contributed by atoms with Crippen LogP contribution in [-0.4, -0.2) is 23.0 Å². The molecule has 1 aliphatic rings. The van der Waals surface area contributed by atoms with Gasteiger partial charge in [-0.3, -0.25) is 15.5 Å². The van der Waals surface area contributed by atoms with Gasteiger partial charge in [-0.2, -0.15) is 0 Å². The zero-order chi connectivity index (χ0) is 13.0. The maximum atomic E-state index is 10.8. The molecular weight excluding hydrogens is 254 g/mol. The number of halogens is 1. The molecular formula is C12H16ClN3O2. The third-order valence-electron chi connectivity index (χ3n) is 3.07. The van der Waals surface area contributed by atoms with Gasteiger partial charge >= 0.3 is 0 Å². The minimum Gasteiger partial charge on any atom is -0.258 e. The topological polar surface area (TPSA) is 58.4 Å². The lowest BCUT2D eigenvalue weighted by molar-refractivity contribution is -0.384. The van der Waals surface area contributed by atoms with Gasteiger partial charge < -0.3 is 0 Å². The van der Waals surface area contributed by atoms with Gasteiger partial charge in [0, 0.05) is 25.7 Å². The molecule has 0 spiro atoms. The van der Waals surface area contributed by atoms with Crippen LogP contribution >= 0.6 is 11.6 Å². The van der Waals surface area contributed by atoms with Crippen LogP contribution in [0.4, 0.5) is 5.69 Å². The number of nitro benzene ring substituents is 1. The number of hydrazine groups is 1. The molecule has 1 aromatic rings. The quantitative estimate of drug-likeness (QED) is 0.674. The van der Waals surface area contributed by atoms with E-state index in [-0.39, 0.29) is 10.7 Å². The van der Waals surface area contributed by atoms with Crippen molar-refractivity contribution < 1.29 is 4.92 Å². The molecule has 98 valence electrons. The number of hydrogen-bond acceptors (Lipinski definition) is 4. The minimum absolute atomic E-state index is 0.0328. The lowest BCUT2D eigenvalue weighted by atomic mass is 10.1. The predicted octanol–water partition coefficient (Wildman–Crippen LogP) is 2.74. The van der Waals surface area contributed by atoms with Crippen LogP contribution in [0.5, 0.6) is 0 Å². The Hall–Kier alpha value is -1.17. The van der Waals surface area contributed by atoms with E-state index in [1.165, 1.54) is 25.3 Å². The molecule has 0 aliphatic carbocycles. The normalized spacial score (nSPS) is 16.7. The Bertz CT molecular complexity index is 433. The molecule has 0 bridgehead atoms. The van der Waals surface area contributed by atoms with Crippen molar-refractivity contribution in [3.63, 3.8) is 0 Å². The molecule has 1 N–H and O–H groups in total. The van der Waals surface area contributed by atoms with Crippen LogP contribution in [-0.2, 0) is 6.54 Å². The second-order valence-corrected chi connectivity index (χ2v) is 4.83. The predicted molar refractivity (Wildman–Crippen MR) is 70.4 cm³/mol. The molecule has 0 unspecified atom stereocenters. The van der Waals surface area contributed by atoms with Gasteiger partial charge in [-0.15, -0.1) is 0 Å². The van der Waals surface area contributed by atoms with E-state index in [2.05, 4.69) is 10.4 Å². The molecule has 1 heterocycles. The summed E-state index contributed by atoms with van der Waals surface area (Å²) in [5, 5.41) is 13.1. The summed E-state index contributed by atoms with van der Waals surface area (Å²) in [7, 11) is 0. The third kappa shape index (κ3) is 3.41. The van der Waals surface area contributed by atoms with Crippen LogP contribution in [0.2, 0.25) is 5.02 Å². The maximum absolute atomic E-state index is 10.8. The molecule has 5 nitrogen and oxygen atoms in total. The van der Waals surface area contributed by atoms with Crippen molar-refractivity contribution in [2.75, 3.05) is 13.1 Å². The van der Waals surface area contributed by atoms with Crippen molar-refractivity contribution in [3.05, 3.63) is 38.9 Å². The van der Waals surface area contributed by atoms with Crippen LogP contribution in [0.1, 0.15) is 24.8 Å². The molecule has 1 saturated heterocycles. The van der Waals surface area contributed by atoms with Crippen LogP contribution in [0.15, 0.2) is 18.2 Å². The van der Waals surface area contributed by atoms with E-state index in [0.717, 1.165) is 18.7 Å². The molecule has 6 heteroatoms. The lowest BCUT2D eigenvalue weighted by Gasteiger charge is -2.27. The molecule has 18 heavy (non-hydrogen) atoms. The fourth-order valence-corrected chi connectivity index (χ4v) is 2.25. The molecule has 1 aliphatic heterocycles. The number of benzene rings is 1. The molecule has 0 aromatic heterocycles. The van der Waals surface area contributed by atoms with Crippen LogP contribution in [0.3, 0.4) is 0 Å². The van der Waals surface area contributed by atoms with Gasteiger partial charge in [0.25, 0.3) is 5.69 Å². The molecule has 2 rings (SSSR count). The smallest absolute Gasteiger partial charge is 0.258 e. The first kappa shape index (κ1) is 13.3. The van der Waals surface area contributed by atoms with Crippen LogP contribution in [0, 0.1) is 10.1 Å². The molecule has 0 radical (unpaired) electrons. The number of nitro groups is 1. The fraction of sp³-hybridized carbons (Fsp3) is 0.500. The van der Waals surface area contributed by atoms with Crippen molar-refractivity contribution in [2.45, 2.75) is 25.8 Å². The van der Waals surface area contributed by atoms with Crippen molar-refractivity contribution in [2.24, 2.45) is 0 Å². The zero-order valence-electron chi connectivity index (χ0n) is 10.1. The Kier molecular flexibility index (Phi) is 4.52. The van der Waals surface area contributed by atoms with Crippen molar-refractivity contribution in [1.29, 1.82) is 0 Å². The first-order chi connectivity index (χ1) is 8.66. The molecule has 0 amide bonds. The summed E-state index contributed by atoms with van der Waals surface area (Å²) in [5.74, 6) is 0. The fourth-order valence-electron chi connectivity index (χ4n) is 2.06. The Balaban J connectivity index is 1.96. The summed E-state index contributed by atoms with van der Waals surface area (Å²) in [6.45, 7) is 2.67. The van der Waals surface area contributed by atoms with Crippen molar-refractivity contribution in [3.8, 4) is 0 Å². The van der Waals surface area contributed by atoms with Gasteiger partial charge in [-0.05, 0) is 24.5 Å². The lowest BCUT2D eigenvalue weighted by Crippen LogP contribution is -2.41. The Morgan fingerprint density at radius 2 is 2.06 bits per heavy atom. The summed E-state index contributed by atoms with van der Waals surface area (Å²) in [6, 6.07) is 4.92. The van der Waals surface area contributed by atoms with Crippen LogP contribution in [0.25, 0.3) is 0 Å².